The van der Waals surface area contributed by atoms with Crippen molar-refractivity contribution in [1.82, 2.24) is 0 Å². The number of phenolic OH excluding ortho intramolecular Hbond substituents is 1. The van der Waals surface area contributed by atoms with E-state index in [0.29, 0.717) is 12.4 Å². The molecule has 2 aromatic rings. The summed E-state index contributed by atoms with van der Waals surface area (Å²) in [5.41, 5.74) is 0.931. The lowest BCUT2D eigenvalue weighted by Gasteiger charge is -2.10. The molecule has 2 aromatic carbocycles. The van der Waals surface area contributed by atoms with Crippen LogP contribution >= 0.6 is 0 Å². The molecule has 3 nitrogen and oxygen atoms in total. The van der Waals surface area contributed by atoms with Gasteiger partial charge >= 0.3 is 0 Å². The molecule has 1 N–H and O–H groups in total. The lowest BCUT2D eigenvalue weighted by Crippen LogP contribution is -1.92. The Kier molecular flexibility index (Phi) is 5.50. The zero-order chi connectivity index (χ0) is 15.1. The highest BCUT2D eigenvalue weighted by Crippen LogP contribution is 2.29. The van der Waals surface area contributed by atoms with Gasteiger partial charge < -0.3 is 14.6 Å². The van der Waals surface area contributed by atoms with Gasteiger partial charge in [-0.25, -0.2) is 0 Å². The summed E-state index contributed by atoms with van der Waals surface area (Å²) >= 11 is 0. The van der Waals surface area contributed by atoms with Gasteiger partial charge in [-0.3, -0.25) is 0 Å². The Hall–Kier alpha value is -2.16. The zero-order valence-corrected chi connectivity index (χ0v) is 12.6. The van der Waals surface area contributed by atoms with E-state index in [2.05, 4.69) is 6.92 Å². The fraction of sp³-hybridized carbons (Fsp3) is 0.333. The average molecular weight is 286 g/mol. The van der Waals surface area contributed by atoms with E-state index in [0.717, 1.165) is 42.1 Å². The molecule has 0 aliphatic rings. The Labute approximate surface area is 126 Å². The summed E-state index contributed by atoms with van der Waals surface area (Å²) in [6.07, 6.45) is 3.02. The van der Waals surface area contributed by atoms with E-state index < -0.39 is 0 Å². The summed E-state index contributed by atoms with van der Waals surface area (Å²) in [6.45, 7) is 4.75. The van der Waals surface area contributed by atoms with Crippen LogP contribution in [0.3, 0.4) is 0 Å². The molecule has 0 radical (unpaired) electrons. The molecule has 0 bridgehead atoms. The first kappa shape index (κ1) is 15.2. The van der Waals surface area contributed by atoms with Crippen LogP contribution in [0.5, 0.6) is 23.0 Å². The van der Waals surface area contributed by atoms with Crippen molar-refractivity contribution >= 4 is 0 Å². The molecule has 3 heteroatoms. The number of unbranched alkanes of at least 4 members (excludes halogenated alkanes) is 1. The molecule has 112 valence electrons. The SMILES string of the molecule is CCCCc1cc(Oc2ccc(OCC)cc2)ccc1O. The number of benzene rings is 2. The molecule has 2 rings (SSSR count). The van der Waals surface area contributed by atoms with Crippen LogP contribution in [0.1, 0.15) is 32.3 Å². The number of hydrogen-bond donors (Lipinski definition) is 1. The van der Waals surface area contributed by atoms with Crippen LogP contribution < -0.4 is 9.47 Å². The Morgan fingerprint density at radius 2 is 1.57 bits per heavy atom. The predicted molar refractivity (Wildman–Crippen MR) is 84.4 cm³/mol. The third-order valence-electron chi connectivity index (χ3n) is 3.22. The molecule has 0 aliphatic carbocycles. The first-order valence-electron chi connectivity index (χ1n) is 7.45. The van der Waals surface area contributed by atoms with Crippen molar-refractivity contribution in [2.75, 3.05) is 6.61 Å². The number of phenols is 1. The molecule has 0 heterocycles. The molecule has 0 spiro atoms. The molecule has 0 saturated carbocycles. The van der Waals surface area contributed by atoms with Gasteiger partial charge in [0.15, 0.2) is 0 Å². The first-order chi connectivity index (χ1) is 10.2. The smallest absolute Gasteiger partial charge is 0.127 e. The fourth-order valence-corrected chi connectivity index (χ4v) is 2.10. The highest BCUT2D eigenvalue weighted by Gasteiger charge is 2.05. The second kappa shape index (κ2) is 7.58. The van der Waals surface area contributed by atoms with E-state index in [4.69, 9.17) is 9.47 Å². The highest BCUT2D eigenvalue weighted by molar-refractivity contribution is 5.42. The molecule has 0 atom stereocenters. The van der Waals surface area contributed by atoms with E-state index >= 15 is 0 Å². The average Bonchev–Trinajstić information content (AvgIpc) is 2.50. The Balaban J connectivity index is 2.08. The predicted octanol–water partition coefficient (Wildman–Crippen LogP) is 4.93. The van der Waals surface area contributed by atoms with Crippen molar-refractivity contribution in [3.8, 4) is 23.0 Å². The van der Waals surface area contributed by atoms with Crippen LogP contribution in [0.15, 0.2) is 42.5 Å². The normalized spacial score (nSPS) is 10.4. The van der Waals surface area contributed by atoms with Crippen LogP contribution in [0.2, 0.25) is 0 Å². The Bertz CT molecular complexity index is 561. The lowest BCUT2D eigenvalue weighted by molar-refractivity contribution is 0.339. The van der Waals surface area contributed by atoms with Crippen molar-refractivity contribution in [3.63, 3.8) is 0 Å². The quantitative estimate of drug-likeness (QED) is 0.784. The lowest BCUT2D eigenvalue weighted by atomic mass is 10.1. The van der Waals surface area contributed by atoms with E-state index in [1.165, 1.54) is 0 Å². The molecule has 21 heavy (non-hydrogen) atoms. The van der Waals surface area contributed by atoms with E-state index in [9.17, 15) is 5.11 Å². The van der Waals surface area contributed by atoms with Crippen LogP contribution in [0.4, 0.5) is 0 Å². The van der Waals surface area contributed by atoms with Gasteiger partial charge in [-0.1, -0.05) is 13.3 Å². The molecule has 0 aromatic heterocycles. The number of hydrogen-bond acceptors (Lipinski definition) is 3. The maximum atomic E-state index is 9.85. The van der Waals surface area contributed by atoms with Gasteiger partial charge in [-0.05, 0) is 67.8 Å². The largest absolute Gasteiger partial charge is 0.508 e. The van der Waals surface area contributed by atoms with Crippen LogP contribution in [0.25, 0.3) is 0 Å². The summed E-state index contributed by atoms with van der Waals surface area (Å²) in [6, 6.07) is 12.9. The molecule has 0 unspecified atom stereocenters. The van der Waals surface area contributed by atoms with Gasteiger partial charge in [0.05, 0.1) is 6.61 Å². The molecule has 0 amide bonds. The summed E-state index contributed by atoms with van der Waals surface area (Å²) in [4.78, 5) is 0. The minimum atomic E-state index is 0.336. The minimum Gasteiger partial charge on any atom is -0.508 e. The second-order valence-electron chi connectivity index (χ2n) is 4.90. The summed E-state index contributed by atoms with van der Waals surface area (Å²) in [5.74, 6) is 2.66. The fourth-order valence-electron chi connectivity index (χ4n) is 2.10. The Morgan fingerprint density at radius 3 is 2.24 bits per heavy atom. The van der Waals surface area contributed by atoms with E-state index in [-0.39, 0.29) is 0 Å². The summed E-state index contributed by atoms with van der Waals surface area (Å²) in [5, 5.41) is 9.85. The second-order valence-corrected chi connectivity index (χ2v) is 4.90. The summed E-state index contributed by atoms with van der Waals surface area (Å²) < 4.78 is 11.2. The van der Waals surface area contributed by atoms with Crippen molar-refractivity contribution in [2.45, 2.75) is 33.1 Å². The maximum Gasteiger partial charge on any atom is 0.127 e. The third kappa shape index (κ3) is 4.42. The van der Waals surface area contributed by atoms with Crippen LogP contribution in [0, 0.1) is 0 Å². The molecule has 0 aliphatic heterocycles. The van der Waals surface area contributed by atoms with Crippen molar-refractivity contribution < 1.29 is 14.6 Å². The van der Waals surface area contributed by atoms with Gasteiger partial charge in [0.1, 0.15) is 23.0 Å². The number of aromatic hydroxyl groups is 1. The van der Waals surface area contributed by atoms with Gasteiger partial charge in [0.25, 0.3) is 0 Å². The maximum absolute atomic E-state index is 9.85. The van der Waals surface area contributed by atoms with Crippen molar-refractivity contribution in [3.05, 3.63) is 48.0 Å². The highest BCUT2D eigenvalue weighted by atomic mass is 16.5. The molecule has 0 fully saturated rings. The minimum absolute atomic E-state index is 0.336. The van der Waals surface area contributed by atoms with Gasteiger partial charge in [0, 0.05) is 0 Å². The number of rotatable bonds is 7. The standard InChI is InChI=1S/C18H22O3/c1-3-5-6-14-13-17(11-12-18(14)19)21-16-9-7-15(8-10-16)20-4-2/h7-13,19H,3-6H2,1-2H3. The van der Waals surface area contributed by atoms with Crippen molar-refractivity contribution in [1.29, 1.82) is 0 Å². The molecule has 0 saturated heterocycles. The van der Waals surface area contributed by atoms with Gasteiger partial charge in [-0.2, -0.15) is 0 Å². The van der Waals surface area contributed by atoms with Crippen molar-refractivity contribution in [2.24, 2.45) is 0 Å². The van der Waals surface area contributed by atoms with Crippen LogP contribution in [-0.2, 0) is 6.42 Å². The van der Waals surface area contributed by atoms with E-state index in [1.54, 1.807) is 12.1 Å². The number of ether oxygens (including phenoxy) is 2. The van der Waals surface area contributed by atoms with Gasteiger partial charge in [0.2, 0.25) is 0 Å². The topological polar surface area (TPSA) is 38.7 Å². The molecular formula is C18H22O3. The van der Waals surface area contributed by atoms with Gasteiger partial charge in [-0.15, -0.1) is 0 Å². The van der Waals surface area contributed by atoms with Crippen LogP contribution in [-0.4, -0.2) is 11.7 Å². The molecular weight excluding hydrogens is 264 g/mol. The summed E-state index contributed by atoms with van der Waals surface area (Å²) in [7, 11) is 0. The number of aryl methyl sites for hydroxylation is 1. The Morgan fingerprint density at radius 1 is 0.905 bits per heavy atom. The van der Waals surface area contributed by atoms with E-state index in [1.807, 2.05) is 37.3 Å². The monoisotopic (exact) mass is 286 g/mol. The third-order valence-corrected chi connectivity index (χ3v) is 3.22. The first-order valence-corrected chi connectivity index (χ1v) is 7.45. The zero-order valence-electron chi connectivity index (χ0n) is 12.6.